The van der Waals surface area contributed by atoms with Gasteiger partial charge in [-0.25, -0.2) is 9.79 Å². The molecule has 4 heteroatoms. The third-order valence-electron chi connectivity index (χ3n) is 2.23. The number of hydrogen-bond acceptors (Lipinski definition) is 3. The zero-order chi connectivity index (χ0) is 11.7. The molecule has 0 unspecified atom stereocenters. The van der Waals surface area contributed by atoms with Crippen LogP contribution in [-0.4, -0.2) is 19.0 Å². The van der Waals surface area contributed by atoms with Crippen LogP contribution < -0.4 is 10.6 Å². The zero-order valence-corrected chi connectivity index (χ0v) is 8.69. The number of benzene rings is 1. The van der Waals surface area contributed by atoms with Crippen molar-refractivity contribution in [1.82, 2.24) is 0 Å². The molecule has 0 aromatic heterocycles. The van der Waals surface area contributed by atoms with E-state index >= 15 is 0 Å². The van der Waals surface area contributed by atoms with Crippen molar-refractivity contribution in [3.63, 3.8) is 0 Å². The normalized spacial score (nSPS) is 12.9. The van der Waals surface area contributed by atoms with Crippen molar-refractivity contribution in [1.29, 1.82) is 0 Å². The van der Waals surface area contributed by atoms with Gasteiger partial charge in [-0.05, 0) is 23.4 Å². The van der Waals surface area contributed by atoms with Gasteiger partial charge >= 0.3 is 5.97 Å². The maximum atomic E-state index is 11.5. The number of hydrogen-bond donors (Lipinski definition) is 0. The fraction of sp³-hybridized carbons (Fsp3) is 0.0833. The summed E-state index contributed by atoms with van der Waals surface area (Å²) in [5.41, 5.74) is 0.968. The van der Waals surface area contributed by atoms with Gasteiger partial charge in [0.15, 0.2) is 0 Å². The number of amides is 1. The molecular formula is C12H9NO3. The summed E-state index contributed by atoms with van der Waals surface area (Å²) in [5, 5.41) is 1.03. The highest BCUT2D eigenvalue weighted by molar-refractivity contribution is 5.97. The van der Waals surface area contributed by atoms with Gasteiger partial charge in [0.05, 0.1) is 18.0 Å². The number of ether oxygens (including phenoxy) is 1. The summed E-state index contributed by atoms with van der Waals surface area (Å²) in [5.74, 6) is -0.900. The van der Waals surface area contributed by atoms with Gasteiger partial charge in [-0.2, -0.15) is 0 Å². The number of methoxy groups -OCH3 is 1. The van der Waals surface area contributed by atoms with Gasteiger partial charge in [0.2, 0.25) is 0 Å². The molecule has 1 aliphatic heterocycles. The standard InChI is InChI=1S/C12H9NO3/c1-7-5-8-3-4-10(14)13-11(8)9(6-7)12(15)16-2/h3-6H,1H2,2H3. The van der Waals surface area contributed by atoms with Crippen molar-refractivity contribution >= 4 is 24.5 Å². The van der Waals surface area contributed by atoms with E-state index in [9.17, 15) is 9.59 Å². The first-order valence-electron chi connectivity index (χ1n) is 4.64. The maximum Gasteiger partial charge on any atom is 0.340 e. The van der Waals surface area contributed by atoms with Crippen molar-refractivity contribution in [2.45, 2.75) is 0 Å². The average molecular weight is 215 g/mol. The van der Waals surface area contributed by atoms with E-state index in [1.54, 1.807) is 18.2 Å². The molecule has 0 radical (unpaired) electrons. The molecule has 1 amide bonds. The lowest BCUT2D eigenvalue weighted by molar-refractivity contribution is -0.113. The van der Waals surface area contributed by atoms with Gasteiger partial charge in [-0.3, -0.25) is 4.79 Å². The molecule has 0 fully saturated rings. The van der Waals surface area contributed by atoms with Crippen LogP contribution in [0.25, 0.3) is 12.7 Å². The van der Waals surface area contributed by atoms with Gasteiger partial charge in [0.1, 0.15) is 0 Å². The highest BCUT2D eigenvalue weighted by Crippen LogP contribution is 2.02. The van der Waals surface area contributed by atoms with E-state index in [1.165, 1.54) is 13.2 Å². The van der Waals surface area contributed by atoms with Crippen molar-refractivity contribution < 1.29 is 14.3 Å². The Kier molecular flexibility index (Phi) is 2.40. The van der Waals surface area contributed by atoms with Crippen molar-refractivity contribution in [2.24, 2.45) is 4.99 Å². The molecule has 1 heterocycles. The van der Waals surface area contributed by atoms with Gasteiger partial charge in [0, 0.05) is 11.6 Å². The Morgan fingerprint density at radius 3 is 2.81 bits per heavy atom. The van der Waals surface area contributed by atoms with Crippen LogP contribution in [0.4, 0.5) is 0 Å². The Hall–Kier alpha value is -2.23. The van der Waals surface area contributed by atoms with Crippen LogP contribution in [0.15, 0.2) is 23.2 Å². The molecule has 0 spiro atoms. The molecule has 0 saturated carbocycles. The number of nitrogens with zero attached hydrogens (tertiary/aromatic N) is 1. The first kappa shape index (κ1) is 10.3. The van der Waals surface area contributed by atoms with E-state index in [4.69, 9.17) is 0 Å². The van der Waals surface area contributed by atoms with Crippen LogP contribution >= 0.6 is 0 Å². The van der Waals surface area contributed by atoms with Crippen LogP contribution in [-0.2, 0) is 9.53 Å². The Labute approximate surface area is 91.6 Å². The molecule has 1 aromatic carbocycles. The van der Waals surface area contributed by atoms with E-state index in [0.717, 1.165) is 0 Å². The smallest absolute Gasteiger partial charge is 0.340 e. The van der Waals surface area contributed by atoms with Crippen LogP contribution in [0.1, 0.15) is 15.9 Å². The molecule has 80 valence electrons. The van der Waals surface area contributed by atoms with Gasteiger partial charge in [-0.1, -0.05) is 6.58 Å². The second-order valence-electron chi connectivity index (χ2n) is 3.36. The molecule has 1 aliphatic rings. The predicted octanol–water partition coefficient (Wildman–Crippen LogP) is 0.0565. The zero-order valence-electron chi connectivity index (χ0n) is 8.69. The van der Waals surface area contributed by atoms with Gasteiger partial charge < -0.3 is 4.74 Å². The molecule has 0 atom stereocenters. The number of esters is 1. The largest absolute Gasteiger partial charge is 0.465 e. The van der Waals surface area contributed by atoms with Crippen molar-refractivity contribution in [3.05, 3.63) is 39.9 Å². The summed E-state index contributed by atoms with van der Waals surface area (Å²) >= 11 is 0. The minimum atomic E-state index is -0.520. The first-order valence-corrected chi connectivity index (χ1v) is 4.64. The first-order chi connectivity index (χ1) is 7.61. The third kappa shape index (κ3) is 1.65. The average Bonchev–Trinajstić information content (AvgIpc) is 2.27. The van der Waals surface area contributed by atoms with Crippen LogP contribution in [0.3, 0.4) is 0 Å². The Bertz CT molecular complexity index is 614. The minimum absolute atomic E-state index is 0.266. The van der Waals surface area contributed by atoms with Crippen LogP contribution in [0, 0.1) is 0 Å². The maximum absolute atomic E-state index is 11.5. The molecule has 0 bridgehead atoms. The summed E-state index contributed by atoms with van der Waals surface area (Å²) in [4.78, 5) is 26.5. The highest BCUT2D eigenvalue weighted by atomic mass is 16.5. The molecule has 2 rings (SSSR count). The van der Waals surface area contributed by atoms with E-state index in [0.29, 0.717) is 16.1 Å². The van der Waals surface area contributed by atoms with E-state index in [-0.39, 0.29) is 11.5 Å². The van der Waals surface area contributed by atoms with Gasteiger partial charge in [0.25, 0.3) is 5.91 Å². The number of carbonyl (C=O) groups is 2. The lowest BCUT2D eigenvalue weighted by Gasteiger charge is -2.05. The van der Waals surface area contributed by atoms with Crippen LogP contribution in [0.2, 0.25) is 0 Å². The Morgan fingerprint density at radius 2 is 2.12 bits per heavy atom. The Balaban J connectivity index is 2.81. The molecular weight excluding hydrogens is 206 g/mol. The molecule has 16 heavy (non-hydrogen) atoms. The third-order valence-corrected chi connectivity index (χ3v) is 2.23. The minimum Gasteiger partial charge on any atom is -0.465 e. The molecule has 4 nitrogen and oxygen atoms in total. The Morgan fingerprint density at radius 1 is 1.38 bits per heavy atom. The second-order valence-corrected chi connectivity index (χ2v) is 3.36. The van der Waals surface area contributed by atoms with Gasteiger partial charge in [-0.15, -0.1) is 0 Å². The fourth-order valence-electron chi connectivity index (χ4n) is 1.54. The predicted molar refractivity (Wildman–Crippen MR) is 58.1 cm³/mol. The SMILES string of the molecule is C=c1cc2c(c(C(=O)OC)c1)=NC(=O)C=C2. The fourth-order valence-corrected chi connectivity index (χ4v) is 1.54. The molecule has 0 aliphatic carbocycles. The lowest BCUT2D eigenvalue weighted by Crippen LogP contribution is -2.26. The summed E-state index contributed by atoms with van der Waals surface area (Å²) < 4.78 is 4.63. The van der Waals surface area contributed by atoms with E-state index in [1.807, 2.05) is 0 Å². The quantitative estimate of drug-likeness (QED) is 0.622. The van der Waals surface area contributed by atoms with Crippen molar-refractivity contribution in [2.75, 3.05) is 7.11 Å². The number of fused-ring (bicyclic) bond motifs is 1. The van der Waals surface area contributed by atoms with Crippen LogP contribution in [0.5, 0.6) is 0 Å². The van der Waals surface area contributed by atoms with E-state index < -0.39 is 5.97 Å². The summed E-state index contributed by atoms with van der Waals surface area (Å²) in [6, 6.07) is 3.31. The summed E-state index contributed by atoms with van der Waals surface area (Å²) in [6.45, 7) is 3.76. The molecule has 0 N–H and O–H groups in total. The second kappa shape index (κ2) is 3.73. The molecule has 0 saturated heterocycles. The highest BCUT2D eigenvalue weighted by Gasteiger charge is 2.13. The van der Waals surface area contributed by atoms with E-state index in [2.05, 4.69) is 16.3 Å². The molecule has 1 aromatic rings. The lowest BCUT2D eigenvalue weighted by atomic mass is 10.1. The van der Waals surface area contributed by atoms with Crippen molar-refractivity contribution in [3.8, 4) is 0 Å². The number of carbonyl (C=O) groups excluding carboxylic acids is 2. The monoisotopic (exact) mass is 215 g/mol. The summed E-state index contributed by atoms with van der Waals surface area (Å²) in [7, 11) is 1.28. The summed E-state index contributed by atoms with van der Waals surface area (Å²) in [6.07, 6.45) is 2.97. The topological polar surface area (TPSA) is 55.7 Å². The number of rotatable bonds is 1.